The second kappa shape index (κ2) is 11.3. The Bertz CT molecular complexity index is 684. The van der Waals surface area contributed by atoms with Gasteiger partial charge in [-0.2, -0.15) is 0 Å². The molecule has 1 aliphatic rings. The number of hydrogen-bond donors (Lipinski definition) is 2. The molecule has 0 amide bonds. The number of rotatable bonds is 5. The predicted molar refractivity (Wildman–Crippen MR) is 126 cm³/mol. The first-order valence-electron chi connectivity index (χ1n) is 8.70. The van der Waals surface area contributed by atoms with Crippen LogP contribution >= 0.6 is 51.2 Å². The molecule has 0 bridgehead atoms. The van der Waals surface area contributed by atoms with Crippen molar-refractivity contribution in [2.45, 2.75) is 32.0 Å². The lowest BCUT2D eigenvalue weighted by Gasteiger charge is -2.33. The number of nitrogens with zero attached hydrogens (tertiary/aromatic N) is 2. The third-order valence-electron chi connectivity index (χ3n) is 4.46. The van der Waals surface area contributed by atoms with Crippen LogP contribution in [-0.2, 0) is 13.1 Å². The van der Waals surface area contributed by atoms with E-state index in [1.54, 1.807) is 11.3 Å². The Balaban J connectivity index is 0.00000243. The van der Waals surface area contributed by atoms with Crippen LogP contribution in [0.2, 0.25) is 0 Å². The van der Waals surface area contributed by atoms with E-state index in [2.05, 4.69) is 78.9 Å². The maximum atomic E-state index is 4.36. The average Bonchev–Trinajstić information content (AvgIpc) is 3.06. The highest BCUT2D eigenvalue weighted by molar-refractivity contribution is 14.0. The summed E-state index contributed by atoms with van der Waals surface area (Å²) in [5, 5.41) is 6.98. The van der Waals surface area contributed by atoms with Gasteiger partial charge in [0.1, 0.15) is 0 Å². The van der Waals surface area contributed by atoms with Crippen molar-refractivity contribution < 1.29 is 0 Å². The van der Waals surface area contributed by atoms with Gasteiger partial charge in [0.2, 0.25) is 0 Å². The smallest absolute Gasteiger partial charge is 0.191 e. The first-order valence-corrected chi connectivity index (χ1v) is 10.3. The van der Waals surface area contributed by atoms with Crippen LogP contribution in [0.5, 0.6) is 0 Å². The van der Waals surface area contributed by atoms with Gasteiger partial charge in [0.25, 0.3) is 0 Å². The summed E-state index contributed by atoms with van der Waals surface area (Å²) >= 11 is 5.26. The van der Waals surface area contributed by atoms with E-state index in [0.717, 1.165) is 48.8 Å². The summed E-state index contributed by atoms with van der Waals surface area (Å²) in [7, 11) is 1.84. The zero-order valence-corrected chi connectivity index (χ0v) is 19.7. The summed E-state index contributed by atoms with van der Waals surface area (Å²) < 4.78 is 1.16. The van der Waals surface area contributed by atoms with Crippen LogP contribution in [0, 0.1) is 0 Å². The number of hydrogen-bond acceptors (Lipinski definition) is 3. The van der Waals surface area contributed by atoms with Crippen molar-refractivity contribution in [2.24, 2.45) is 4.99 Å². The molecule has 1 aromatic carbocycles. The Morgan fingerprint density at radius 1 is 1.19 bits per heavy atom. The molecular weight excluding hydrogens is 523 g/mol. The fourth-order valence-electron chi connectivity index (χ4n) is 3.08. The predicted octanol–water partition coefficient (Wildman–Crippen LogP) is 4.46. The third-order valence-corrected chi connectivity index (χ3v) is 6.08. The van der Waals surface area contributed by atoms with Gasteiger partial charge < -0.3 is 10.6 Å². The maximum Gasteiger partial charge on any atom is 0.191 e. The Labute approximate surface area is 185 Å². The summed E-state index contributed by atoms with van der Waals surface area (Å²) in [5.74, 6) is 0.894. The van der Waals surface area contributed by atoms with Gasteiger partial charge in [-0.25, -0.2) is 0 Å². The van der Waals surface area contributed by atoms with Crippen molar-refractivity contribution in [1.29, 1.82) is 0 Å². The van der Waals surface area contributed by atoms with Gasteiger partial charge in [-0.05, 0) is 46.5 Å². The Kier molecular flexibility index (Phi) is 9.38. The Morgan fingerprint density at radius 2 is 1.92 bits per heavy atom. The van der Waals surface area contributed by atoms with E-state index >= 15 is 0 Å². The van der Waals surface area contributed by atoms with Gasteiger partial charge in [0.15, 0.2) is 5.96 Å². The standard InChI is InChI=1S/C19H25BrN4S.HI/c1-21-19(22-13-17-7-8-18(20)25-17)23-16-9-11-24(12-10-16)14-15-5-3-2-4-6-15;/h2-8,16H,9-14H2,1H3,(H2,21,22,23);1H. The molecule has 2 N–H and O–H groups in total. The fourth-order valence-corrected chi connectivity index (χ4v) is 4.51. The molecular formula is C19H26BrIN4S. The normalized spacial score (nSPS) is 16.2. The van der Waals surface area contributed by atoms with Crippen LogP contribution in [0.1, 0.15) is 23.3 Å². The minimum Gasteiger partial charge on any atom is -0.354 e. The number of likely N-dealkylation sites (tertiary alicyclic amines) is 1. The maximum absolute atomic E-state index is 4.36. The molecule has 1 saturated heterocycles. The lowest BCUT2D eigenvalue weighted by Crippen LogP contribution is -2.48. The molecule has 4 nitrogen and oxygen atoms in total. The molecule has 0 radical (unpaired) electrons. The van der Waals surface area contributed by atoms with E-state index in [0.29, 0.717) is 6.04 Å². The number of nitrogens with one attached hydrogen (secondary N) is 2. The van der Waals surface area contributed by atoms with Crippen LogP contribution in [-0.4, -0.2) is 37.0 Å². The molecule has 2 aromatic rings. The molecule has 0 atom stereocenters. The largest absolute Gasteiger partial charge is 0.354 e. The second-order valence-corrected chi connectivity index (χ2v) is 8.86. The minimum atomic E-state index is 0. The molecule has 1 aliphatic heterocycles. The monoisotopic (exact) mass is 548 g/mol. The zero-order valence-electron chi connectivity index (χ0n) is 15.0. The third kappa shape index (κ3) is 6.83. The summed E-state index contributed by atoms with van der Waals surface area (Å²) in [6, 6.07) is 15.4. The fraction of sp³-hybridized carbons (Fsp3) is 0.421. The molecule has 0 unspecified atom stereocenters. The molecule has 2 heterocycles. The van der Waals surface area contributed by atoms with Gasteiger partial charge in [-0.3, -0.25) is 9.89 Å². The first kappa shape index (κ1) is 21.7. The van der Waals surface area contributed by atoms with Crippen LogP contribution in [0.3, 0.4) is 0 Å². The highest BCUT2D eigenvalue weighted by Gasteiger charge is 2.20. The van der Waals surface area contributed by atoms with E-state index < -0.39 is 0 Å². The van der Waals surface area contributed by atoms with E-state index in [4.69, 9.17) is 0 Å². The SMILES string of the molecule is CN=C(NCc1ccc(Br)s1)NC1CCN(Cc2ccccc2)CC1.I. The van der Waals surface area contributed by atoms with Gasteiger partial charge >= 0.3 is 0 Å². The Hall–Kier alpha value is -0.640. The first-order chi connectivity index (χ1) is 12.2. The number of piperidine rings is 1. The zero-order chi connectivity index (χ0) is 17.5. The quantitative estimate of drug-likeness (QED) is 0.329. The highest BCUT2D eigenvalue weighted by atomic mass is 127. The van der Waals surface area contributed by atoms with Gasteiger partial charge in [0, 0.05) is 37.6 Å². The summed E-state index contributed by atoms with van der Waals surface area (Å²) in [6.45, 7) is 4.11. The van der Waals surface area contributed by atoms with Crippen molar-refractivity contribution in [3.63, 3.8) is 0 Å². The molecule has 26 heavy (non-hydrogen) atoms. The summed E-state index contributed by atoms with van der Waals surface area (Å²) in [6.07, 6.45) is 2.30. The summed E-state index contributed by atoms with van der Waals surface area (Å²) in [5.41, 5.74) is 1.40. The molecule has 7 heteroatoms. The number of halogens is 2. The highest BCUT2D eigenvalue weighted by Crippen LogP contribution is 2.21. The van der Waals surface area contributed by atoms with Crippen molar-refractivity contribution in [3.05, 3.63) is 56.7 Å². The molecule has 0 saturated carbocycles. The number of thiophene rings is 1. The Morgan fingerprint density at radius 3 is 2.54 bits per heavy atom. The molecule has 1 aromatic heterocycles. The second-order valence-electron chi connectivity index (χ2n) is 6.31. The van der Waals surface area contributed by atoms with Crippen LogP contribution < -0.4 is 10.6 Å². The van der Waals surface area contributed by atoms with Crippen molar-refractivity contribution in [2.75, 3.05) is 20.1 Å². The molecule has 1 fully saturated rings. The van der Waals surface area contributed by atoms with E-state index in [-0.39, 0.29) is 24.0 Å². The average molecular weight is 549 g/mol. The van der Waals surface area contributed by atoms with Gasteiger partial charge in [-0.15, -0.1) is 35.3 Å². The van der Waals surface area contributed by atoms with E-state index in [9.17, 15) is 0 Å². The topological polar surface area (TPSA) is 39.7 Å². The lowest BCUT2D eigenvalue weighted by atomic mass is 10.0. The molecule has 0 aliphatic carbocycles. The number of benzene rings is 1. The summed E-state index contributed by atoms with van der Waals surface area (Å²) in [4.78, 5) is 8.20. The molecule has 0 spiro atoms. The van der Waals surface area contributed by atoms with Crippen LogP contribution in [0.25, 0.3) is 0 Å². The van der Waals surface area contributed by atoms with Crippen molar-refractivity contribution in [3.8, 4) is 0 Å². The molecule has 3 rings (SSSR count). The van der Waals surface area contributed by atoms with Crippen LogP contribution in [0.15, 0.2) is 51.2 Å². The minimum absolute atomic E-state index is 0. The number of aliphatic imine (C=N–C) groups is 1. The molecule has 142 valence electrons. The number of guanidine groups is 1. The van der Waals surface area contributed by atoms with Gasteiger partial charge in [-0.1, -0.05) is 30.3 Å². The van der Waals surface area contributed by atoms with Crippen molar-refractivity contribution >= 4 is 57.2 Å². The van der Waals surface area contributed by atoms with E-state index in [1.807, 2.05) is 7.05 Å². The van der Waals surface area contributed by atoms with Crippen molar-refractivity contribution in [1.82, 2.24) is 15.5 Å². The van der Waals surface area contributed by atoms with Crippen LogP contribution in [0.4, 0.5) is 0 Å². The van der Waals surface area contributed by atoms with Gasteiger partial charge in [0.05, 0.1) is 10.3 Å². The van der Waals surface area contributed by atoms with E-state index in [1.165, 1.54) is 10.4 Å². The lowest BCUT2D eigenvalue weighted by molar-refractivity contribution is 0.198.